The Morgan fingerprint density at radius 1 is 0.879 bits per heavy atom. The number of hydrogen-bond donors (Lipinski definition) is 1. The number of pyridine rings is 1. The fraction of sp³-hybridized carbons (Fsp3) is 0.286. The molecule has 0 radical (unpaired) electrons. The molecule has 2 aromatic heterocycles. The van der Waals surface area contributed by atoms with Crippen molar-refractivity contribution >= 4 is 11.6 Å². The van der Waals surface area contributed by atoms with Crippen LogP contribution in [0.2, 0.25) is 0 Å². The molecule has 0 unspecified atom stereocenters. The Balaban J connectivity index is 1.32. The van der Waals surface area contributed by atoms with Crippen LogP contribution in [0.3, 0.4) is 0 Å². The number of imidazole rings is 1. The molecule has 1 aliphatic heterocycles. The highest BCUT2D eigenvalue weighted by atomic mass is 16.2. The van der Waals surface area contributed by atoms with Crippen LogP contribution in [0.1, 0.15) is 52.5 Å². The van der Waals surface area contributed by atoms with Gasteiger partial charge in [-0.3, -0.25) is 4.79 Å². The lowest BCUT2D eigenvalue weighted by atomic mass is 9.88. The molecular formula is C28H30N4O. The number of carbonyl (C=O) groups excluding carboxylic acids is 1. The van der Waals surface area contributed by atoms with E-state index in [2.05, 4.69) is 66.0 Å². The third-order valence-electron chi connectivity index (χ3n) is 6.53. The molecular weight excluding hydrogens is 408 g/mol. The first-order valence-corrected chi connectivity index (χ1v) is 11.9. The van der Waals surface area contributed by atoms with E-state index in [1.165, 1.54) is 11.1 Å². The Labute approximate surface area is 195 Å². The summed E-state index contributed by atoms with van der Waals surface area (Å²) in [7, 11) is 0. The van der Waals surface area contributed by atoms with Crippen molar-refractivity contribution in [2.24, 2.45) is 0 Å². The number of fused-ring (bicyclic) bond motifs is 1. The maximum absolute atomic E-state index is 13.2. The molecule has 0 bridgehead atoms. The van der Waals surface area contributed by atoms with Crippen LogP contribution in [0.25, 0.3) is 5.65 Å². The van der Waals surface area contributed by atoms with Crippen LogP contribution in [-0.4, -0.2) is 39.8 Å². The fourth-order valence-corrected chi connectivity index (χ4v) is 4.81. The number of rotatable bonds is 8. The van der Waals surface area contributed by atoms with Gasteiger partial charge in [-0.2, -0.15) is 0 Å². The largest absolute Gasteiger partial charge is 0.337 e. The summed E-state index contributed by atoms with van der Waals surface area (Å²) in [5.41, 5.74) is 5.00. The molecule has 1 saturated heterocycles. The lowest BCUT2D eigenvalue weighted by Gasteiger charge is -2.19. The number of amides is 1. The summed E-state index contributed by atoms with van der Waals surface area (Å²) in [5, 5.41) is 3.60. The molecule has 33 heavy (non-hydrogen) atoms. The number of aromatic nitrogens is 2. The van der Waals surface area contributed by atoms with Gasteiger partial charge in [0.05, 0.1) is 5.69 Å². The lowest BCUT2D eigenvalue weighted by molar-refractivity contribution is 0.0786. The molecule has 0 atom stereocenters. The van der Waals surface area contributed by atoms with Gasteiger partial charge < -0.3 is 14.6 Å². The van der Waals surface area contributed by atoms with Gasteiger partial charge in [0.1, 0.15) is 5.65 Å². The van der Waals surface area contributed by atoms with Crippen molar-refractivity contribution in [3.05, 3.63) is 108 Å². The van der Waals surface area contributed by atoms with Gasteiger partial charge in [0.15, 0.2) is 5.69 Å². The van der Waals surface area contributed by atoms with Crippen molar-refractivity contribution < 1.29 is 4.79 Å². The molecule has 1 amide bonds. The van der Waals surface area contributed by atoms with Crippen LogP contribution >= 0.6 is 0 Å². The van der Waals surface area contributed by atoms with Crippen molar-refractivity contribution in [2.75, 3.05) is 19.6 Å². The third-order valence-corrected chi connectivity index (χ3v) is 6.53. The standard InChI is InChI=1S/C28H30N4O/c33-28(31-18-9-10-19-31)27-25(32-20-8-7-15-26(32)30-27)21-29-17-16-24(22-11-3-1-4-12-22)23-13-5-2-6-14-23/h1-8,11-15,20,24,29H,9-10,16-19,21H2. The van der Waals surface area contributed by atoms with Crippen LogP contribution in [0.15, 0.2) is 85.1 Å². The van der Waals surface area contributed by atoms with Crippen LogP contribution in [0, 0.1) is 0 Å². The first-order chi connectivity index (χ1) is 16.3. The number of nitrogens with zero attached hydrogens (tertiary/aromatic N) is 3. The van der Waals surface area contributed by atoms with Crippen molar-refractivity contribution in [1.29, 1.82) is 0 Å². The minimum atomic E-state index is 0.0550. The second-order valence-electron chi connectivity index (χ2n) is 8.67. The highest BCUT2D eigenvalue weighted by molar-refractivity contribution is 5.94. The number of benzene rings is 2. The molecule has 4 aromatic rings. The summed E-state index contributed by atoms with van der Waals surface area (Å²) in [6.45, 7) is 3.10. The highest BCUT2D eigenvalue weighted by Crippen LogP contribution is 2.27. The molecule has 0 spiro atoms. The molecule has 0 aliphatic carbocycles. The number of nitrogens with one attached hydrogen (secondary N) is 1. The normalized spacial score (nSPS) is 13.8. The Morgan fingerprint density at radius 2 is 1.52 bits per heavy atom. The Bertz CT molecular complexity index is 1160. The zero-order valence-corrected chi connectivity index (χ0v) is 18.9. The van der Waals surface area contributed by atoms with Crippen molar-refractivity contribution in [1.82, 2.24) is 19.6 Å². The SMILES string of the molecule is O=C(c1nc2ccccn2c1CNCCC(c1ccccc1)c1ccccc1)N1CCCC1. The highest BCUT2D eigenvalue weighted by Gasteiger charge is 2.25. The Morgan fingerprint density at radius 3 is 2.18 bits per heavy atom. The summed E-state index contributed by atoms with van der Waals surface area (Å²) < 4.78 is 2.04. The molecule has 0 saturated carbocycles. The summed E-state index contributed by atoms with van der Waals surface area (Å²) in [6.07, 6.45) is 5.12. The minimum absolute atomic E-state index is 0.0550. The molecule has 1 fully saturated rings. The molecule has 5 nitrogen and oxygen atoms in total. The first kappa shape index (κ1) is 21.4. The van der Waals surface area contributed by atoms with Gasteiger partial charge in [0, 0.05) is 31.7 Å². The van der Waals surface area contributed by atoms with Crippen LogP contribution in [-0.2, 0) is 6.54 Å². The van der Waals surface area contributed by atoms with Crippen molar-refractivity contribution in [2.45, 2.75) is 31.7 Å². The fourth-order valence-electron chi connectivity index (χ4n) is 4.81. The second-order valence-corrected chi connectivity index (χ2v) is 8.67. The lowest BCUT2D eigenvalue weighted by Crippen LogP contribution is -2.30. The van der Waals surface area contributed by atoms with Gasteiger partial charge in [-0.05, 0) is 49.1 Å². The quantitative estimate of drug-likeness (QED) is 0.399. The Hall–Kier alpha value is -3.44. The van der Waals surface area contributed by atoms with Crippen LogP contribution in [0.5, 0.6) is 0 Å². The summed E-state index contributed by atoms with van der Waals surface area (Å²) >= 11 is 0. The van der Waals surface area contributed by atoms with Gasteiger partial charge in [-0.15, -0.1) is 0 Å². The van der Waals surface area contributed by atoms with Gasteiger partial charge in [-0.1, -0.05) is 66.7 Å². The monoisotopic (exact) mass is 438 g/mol. The van der Waals surface area contributed by atoms with E-state index in [-0.39, 0.29) is 5.91 Å². The molecule has 1 N–H and O–H groups in total. The van der Waals surface area contributed by atoms with Crippen molar-refractivity contribution in [3.63, 3.8) is 0 Å². The van der Waals surface area contributed by atoms with E-state index in [0.717, 1.165) is 50.2 Å². The van der Waals surface area contributed by atoms with Crippen LogP contribution in [0.4, 0.5) is 0 Å². The zero-order chi connectivity index (χ0) is 22.5. The molecule has 3 heterocycles. The summed E-state index contributed by atoms with van der Waals surface area (Å²) in [4.78, 5) is 19.8. The van der Waals surface area contributed by atoms with E-state index < -0.39 is 0 Å². The minimum Gasteiger partial charge on any atom is -0.337 e. The smallest absolute Gasteiger partial charge is 0.274 e. The number of likely N-dealkylation sites (tertiary alicyclic amines) is 1. The molecule has 5 heteroatoms. The molecule has 5 rings (SSSR count). The predicted molar refractivity (Wildman–Crippen MR) is 131 cm³/mol. The van der Waals surface area contributed by atoms with E-state index in [4.69, 9.17) is 4.98 Å². The molecule has 168 valence electrons. The molecule has 2 aromatic carbocycles. The summed E-state index contributed by atoms with van der Waals surface area (Å²) in [5.74, 6) is 0.382. The van der Waals surface area contributed by atoms with Gasteiger partial charge in [0.2, 0.25) is 0 Å². The van der Waals surface area contributed by atoms with E-state index in [9.17, 15) is 4.79 Å². The second kappa shape index (κ2) is 10.0. The van der Waals surface area contributed by atoms with Gasteiger partial charge in [0.25, 0.3) is 5.91 Å². The average Bonchev–Trinajstić information content (AvgIpc) is 3.53. The zero-order valence-electron chi connectivity index (χ0n) is 18.9. The van der Waals surface area contributed by atoms with E-state index in [1.54, 1.807) is 0 Å². The van der Waals surface area contributed by atoms with Crippen LogP contribution < -0.4 is 5.32 Å². The van der Waals surface area contributed by atoms with E-state index >= 15 is 0 Å². The average molecular weight is 439 g/mol. The van der Waals surface area contributed by atoms with E-state index in [1.807, 2.05) is 33.7 Å². The number of carbonyl (C=O) groups is 1. The van der Waals surface area contributed by atoms with Gasteiger partial charge in [-0.25, -0.2) is 4.98 Å². The topological polar surface area (TPSA) is 49.6 Å². The van der Waals surface area contributed by atoms with Crippen molar-refractivity contribution in [3.8, 4) is 0 Å². The van der Waals surface area contributed by atoms with E-state index in [0.29, 0.717) is 18.2 Å². The maximum atomic E-state index is 13.2. The maximum Gasteiger partial charge on any atom is 0.274 e. The van der Waals surface area contributed by atoms with Gasteiger partial charge >= 0.3 is 0 Å². The summed E-state index contributed by atoms with van der Waals surface area (Å²) in [6, 6.07) is 27.3. The third kappa shape index (κ3) is 4.69. The molecule has 1 aliphatic rings. The number of hydrogen-bond acceptors (Lipinski definition) is 3. The first-order valence-electron chi connectivity index (χ1n) is 11.9. The Kier molecular flexibility index (Phi) is 6.49. The predicted octanol–water partition coefficient (Wildman–Crippen LogP) is 4.88.